The fourth-order valence-electron chi connectivity index (χ4n) is 3.56. The summed E-state index contributed by atoms with van der Waals surface area (Å²) in [4.78, 5) is 0. The lowest BCUT2D eigenvalue weighted by molar-refractivity contribution is 0.480. The first-order valence-corrected chi connectivity index (χ1v) is 9.01. The van der Waals surface area contributed by atoms with Crippen LogP contribution in [0.1, 0.15) is 25.4 Å². The highest BCUT2D eigenvalue weighted by Gasteiger charge is 2.16. The summed E-state index contributed by atoms with van der Waals surface area (Å²) in [7, 11) is 0. The van der Waals surface area contributed by atoms with Crippen LogP contribution in [0, 0.1) is 0 Å². The van der Waals surface area contributed by atoms with Gasteiger partial charge in [-0.05, 0) is 34.4 Å². The second-order valence-electron chi connectivity index (χ2n) is 6.33. The van der Waals surface area contributed by atoms with Gasteiger partial charge in [-0.15, -0.1) is 0 Å². The highest BCUT2D eigenvalue weighted by Crippen LogP contribution is 2.39. The number of rotatable bonds is 4. The molecule has 1 heterocycles. The summed E-state index contributed by atoms with van der Waals surface area (Å²) in [5.74, 6) is 2.17. The minimum Gasteiger partial charge on any atom is -0.465 e. The Bertz CT molecular complexity index is 913. The predicted molar refractivity (Wildman–Crippen MR) is 106 cm³/mol. The van der Waals surface area contributed by atoms with Crippen LogP contribution in [0.3, 0.4) is 0 Å². The third-order valence-electron chi connectivity index (χ3n) is 4.82. The molecule has 0 atom stereocenters. The molecule has 0 unspecified atom stereocenters. The van der Waals surface area contributed by atoms with Crippen LogP contribution < -0.4 is 0 Å². The lowest BCUT2D eigenvalue weighted by Crippen LogP contribution is -1.87. The number of furan rings is 1. The Kier molecular flexibility index (Phi) is 4.15. The quantitative estimate of drug-likeness (QED) is 0.398. The molecular weight excluding hydrogens is 304 g/mol. The molecule has 0 saturated heterocycles. The summed E-state index contributed by atoms with van der Waals surface area (Å²) in [5, 5.41) is 2.50. The molecule has 3 aromatic carbocycles. The van der Waals surface area contributed by atoms with Gasteiger partial charge in [-0.1, -0.05) is 74.5 Å². The van der Waals surface area contributed by atoms with Crippen molar-refractivity contribution in [3.05, 3.63) is 84.3 Å². The third kappa shape index (κ3) is 2.76. The Morgan fingerprint density at radius 1 is 0.600 bits per heavy atom. The molecule has 1 aromatic heterocycles. The lowest BCUT2D eigenvalue weighted by atomic mass is 9.91. The second-order valence-corrected chi connectivity index (χ2v) is 6.33. The molecule has 124 valence electrons. The molecule has 0 aliphatic carbocycles. The smallest absolute Gasteiger partial charge is 0.111 e. The largest absolute Gasteiger partial charge is 0.465 e. The van der Waals surface area contributed by atoms with Gasteiger partial charge >= 0.3 is 0 Å². The van der Waals surface area contributed by atoms with E-state index in [1.165, 1.54) is 33.0 Å². The van der Waals surface area contributed by atoms with E-state index in [1.54, 1.807) is 0 Å². The zero-order chi connectivity index (χ0) is 17.2. The summed E-state index contributed by atoms with van der Waals surface area (Å²) < 4.78 is 6.15. The maximum absolute atomic E-state index is 6.15. The first kappa shape index (κ1) is 15.7. The molecule has 0 fully saturated rings. The van der Waals surface area contributed by atoms with Crippen molar-refractivity contribution in [2.75, 3.05) is 0 Å². The van der Waals surface area contributed by atoms with Crippen molar-refractivity contribution in [2.24, 2.45) is 0 Å². The highest BCUT2D eigenvalue weighted by atomic mass is 16.3. The third-order valence-corrected chi connectivity index (χ3v) is 4.82. The Hall–Kier alpha value is -2.80. The van der Waals surface area contributed by atoms with Crippen LogP contribution in [0.15, 0.2) is 77.2 Å². The van der Waals surface area contributed by atoms with Gasteiger partial charge < -0.3 is 4.42 Å². The Morgan fingerprint density at radius 2 is 1.00 bits per heavy atom. The predicted octanol–water partition coefficient (Wildman–Crippen LogP) is 6.89. The molecule has 25 heavy (non-hydrogen) atoms. The van der Waals surface area contributed by atoms with Gasteiger partial charge in [0.1, 0.15) is 11.5 Å². The maximum Gasteiger partial charge on any atom is 0.111 e. The molecule has 0 bridgehead atoms. The van der Waals surface area contributed by atoms with E-state index in [4.69, 9.17) is 4.42 Å². The van der Waals surface area contributed by atoms with Crippen molar-refractivity contribution in [2.45, 2.75) is 26.7 Å². The standard InChI is InChI=1S/C24H22O/c1-3-23-21-15-19(17-11-7-5-8-12-17)20(18-13-9-6-10-14-18)16-22(21)24(4-2)25-23/h5-16H,3-4H2,1-2H3. The molecule has 4 aromatic rings. The van der Waals surface area contributed by atoms with E-state index < -0.39 is 0 Å². The van der Waals surface area contributed by atoms with Gasteiger partial charge in [0.25, 0.3) is 0 Å². The van der Waals surface area contributed by atoms with Crippen LogP contribution >= 0.6 is 0 Å². The van der Waals surface area contributed by atoms with Crippen molar-refractivity contribution in [3.8, 4) is 22.3 Å². The van der Waals surface area contributed by atoms with Crippen LogP contribution in [0.2, 0.25) is 0 Å². The van der Waals surface area contributed by atoms with Crippen LogP contribution in [-0.4, -0.2) is 0 Å². The van der Waals surface area contributed by atoms with Crippen molar-refractivity contribution in [1.82, 2.24) is 0 Å². The Labute approximate surface area is 148 Å². The van der Waals surface area contributed by atoms with E-state index >= 15 is 0 Å². The zero-order valence-electron chi connectivity index (χ0n) is 14.8. The van der Waals surface area contributed by atoms with E-state index in [-0.39, 0.29) is 0 Å². The van der Waals surface area contributed by atoms with Gasteiger partial charge in [-0.2, -0.15) is 0 Å². The highest BCUT2D eigenvalue weighted by molar-refractivity contribution is 5.98. The van der Waals surface area contributed by atoms with Crippen molar-refractivity contribution in [3.63, 3.8) is 0 Å². The van der Waals surface area contributed by atoms with Crippen LogP contribution in [0.5, 0.6) is 0 Å². The molecular formula is C24H22O. The number of benzene rings is 3. The number of hydrogen-bond acceptors (Lipinski definition) is 1. The molecule has 0 radical (unpaired) electrons. The number of aryl methyl sites for hydroxylation is 2. The molecule has 0 saturated carbocycles. The number of hydrogen-bond donors (Lipinski definition) is 0. The SMILES string of the molecule is CCc1oc(CC)c2cc(-c3ccccc3)c(-c3ccccc3)cc12. The fourth-order valence-corrected chi connectivity index (χ4v) is 3.56. The summed E-state index contributed by atoms with van der Waals surface area (Å²) in [6.07, 6.45) is 1.82. The first-order valence-electron chi connectivity index (χ1n) is 9.01. The van der Waals surface area contributed by atoms with Crippen LogP contribution in [-0.2, 0) is 12.8 Å². The molecule has 0 spiro atoms. The van der Waals surface area contributed by atoms with Gasteiger partial charge in [0, 0.05) is 23.6 Å². The molecule has 1 heteroatoms. The molecule has 0 amide bonds. The summed E-state index contributed by atoms with van der Waals surface area (Å²) in [6.45, 7) is 4.32. The van der Waals surface area contributed by atoms with Gasteiger partial charge in [-0.3, -0.25) is 0 Å². The van der Waals surface area contributed by atoms with Crippen molar-refractivity contribution < 1.29 is 4.42 Å². The maximum atomic E-state index is 6.15. The minimum absolute atomic E-state index is 0.912. The zero-order valence-corrected chi connectivity index (χ0v) is 14.8. The van der Waals surface area contributed by atoms with E-state index in [2.05, 4.69) is 86.6 Å². The number of fused-ring (bicyclic) bond motifs is 1. The molecule has 1 nitrogen and oxygen atoms in total. The van der Waals surface area contributed by atoms with Gasteiger partial charge in [0.2, 0.25) is 0 Å². The second kappa shape index (κ2) is 6.60. The topological polar surface area (TPSA) is 13.1 Å². The lowest BCUT2D eigenvalue weighted by Gasteiger charge is -2.12. The van der Waals surface area contributed by atoms with Gasteiger partial charge in [-0.25, -0.2) is 0 Å². The van der Waals surface area contributed by atoms with Crippen LogP contribution in [0.25, 0.3) is 33.0 Å². The summed E-state index contributed by atoms with van der Waals surface area (Å²) in [6, 6.07) is 25.9. The van der Waals surface area contributed by atoms with E-state index in [9.17, 15) is 0 Å². The molecule has 4 rings (SSSR count). The Morgan fingerprint density at radius 3 is 1.36 bits per heavy atom. The van der Waals surface area contributed by atoms with E-state index in [0.717, 1.165) is 24.4 Å². The fraction of sp³-hybridized carbons (Fsp3) is 0.167. The first-order chi connectivity index (χ1) is 12.3. The molecule has 0 aliphatic rings. The van der Waals surface area contributed by atoms with Gasteiger partial charge in [0.05, 0.1) is 0 Å². The van der Waals surface area contributed by atoms with Crippen molar-refractivity contribution >= 4 is 10.8 Å². The Balaban J connectivity index is 2.07. The minimum atomic E-state index is 0.912. The molecule has 0 aliphatic heterocycles. The van der Waals surface area contributed by atoms with Crippen LogP contribution in [0.4, 0.5) is 0 Å². The van der Waals surface area contributed by atoms with Crippen molar-refractivity contribution in [1.29, 1.82) is 0 Å². The normalized spacial score (nSPS) is 11.1. The average Bonchev–Trinajstić information content (AvgIpc) is 3.05. The average molecular weight is 326 g/mol. The summed E-state index contributed by atoms with van der Waals surface area (Å²) >= 11 is 0. The summed E-state index contributed by atoms with van der Waals surface area (Å²) in [5.41, 5.74) is 5.00. The van der Waals surface area contributed by atoms with E-state index in [0.29, 0.717) is 0 Å². The van der Waals surface area contributed by atoms with Gasteiger partial charge in [0.15, 0.2) is 0 Å². The molecule has 0 N–H and O–H groups in total. The van der Waals surface area contributed by atoms with E-state index in [1.807, 2.05) is 0 Å². The monoisotopic (exact) mass is 326 g/mol.